The third-order valence-corrected chi connectivity index (χ3v) is 5.14. The number of rotatable bonds is 7. The Morgan fingerprint density at radius 2 is 2.00 bits per heavy atom. The van der Waals surface area contributed by atoms with E-state index in [2.05, 4.69) is 22.2 Å². The van der Waals surface area contributed by atoms with Gasteiger partial charge in [0.15, 0.2) is 9.84 Å². The number of hydrogen-bond donors (Lipinski definition) is 0. The van der Waals surface area contributed by atoms with Crippen LogP contribution in [0.1, 0.15) is 36.7 Å². The second-order valence-corrected chi connectivity index (χ2v) is 7.59. The van der Waals surface area contributed by atoms with Crippen molar-refractivity contribution in [2.24, 2.45) is 0 Å². The second kappa shape index (κ2) is 6.45. The summed E-state index contributed by atoms with van der Waals surface area (Å²) in [6.07, 6.45) is 3.58. The highest BCUT2D eigenvalue weighted by Gasteiger charge is 2.17. The highest BCUT2D eigenvalue weighted by atomic mass is 32.2. The Labute approximate surface area is 122 Å². The molecule has 6 nitrogen and oxygen atoms in total. The topological polar surface area (TPSA) is 77.7 Å². The van der Waals surface area contributed by atoms with Gasteiger partial charge in [0.2, 0.25) is 0 Å². The van der Waals surface area contributed by atoms with Crippen molar-refractivity contribution in [3.8, 4) is 0 Å². The van der Waals surface area contributed by atoms with Gasteiger partial charge < -0.3 is 0 Å². The van der Waals surface area contributed by atoms with E-state index in [4.69, 9.17) is 0 Å². The largest absolute Gasteiger partial charge is 0.253 e. The van der Waals surface area contributed by atoms with E-state index in [-0.39, 0.29) is 11.5 Å². The third kappa shape index (κ3) is 4.11. The molecule has 0 radical (unpaired) electrons. The van der Waals surface area contributed by atoms with Crippen molar-refractivity contribution in [1.82, 2.24) is 20.0 Å². The minimum absolute atomic E-state index is 0.0355. The Kier molecular flexibility index (Phi) is 4.87. The van der Waals surface area contributed by atoms with Gasteiger partial charge in [-0.2, -0.15) is 0 Å². The molecule has 0 aliphatic carbocycles. The molecule has 0 fully saturated rings. The van der Waals surface area contributed by atoms with Crippen LogP contribution in [0.2, 0.25) is 0 Å². The molecular weight excluding hydrogens is 296 g/mol. The molecular formula is C12H18N4O2S2. The normalized spacial score (nSPS) is 11.9. The lowest BCUT2D eigenvalue weighted by Crippen LogP contribution is -2.08. The van der Waals surface area contributed by atoms with Crippen LogP contribution in [-0.2, 0) is 34.3 Å². The SMILES string of the molecule is CCCc1nc(CS(=O)(=O)Cc2cn(CC)nn2)cs1. The Morgan fingerprint density at radius 3 is 2.65 bits per heavy atom. The van der Waals surface area contributed by atoms with Gasteiger partial charge in [0.1, 0.15) is 0 Å². The first-order valence-electron chi connectivity index (χ1n) is 6.55. The molecule has 0 aliphatic rings. The molecule has 20 heavy (non-hydrogen) atoms. The van der Waals surface area contributed by atoms with Crippen molar-refractivity contribution < 1.29 is 8.42 Å². The summed E-state index contributed by atoms with van der Waals surface area (Å²) < 4.78 is 25.9. The number of aryl methyl sites for hydroxylation is 2. The van der Waals surface area contributed by atoms with Crippen molar-refractivity contribution in [2.45, 2.75) is 44.7 Å². The molecule has 0 unspecified atom stereocenters. The lowest BCUT2D eigenvalue weighted by atomic mass is 10.3. The molecule has 0 aromatic carbocycles. The smallest absolute Gasteiger partial charge is 0.161 e. The molecule has 2 aromatic rings. The molecule has 2 aromatic heterocycles. The summed E-state index contributed by atoms with van der Waals surface area (Å²) in [6, 6.07) is 0. The summed E-state index contributed by atoms with van der Waals surface area (Å²) in [5, 5.41) is 10.5. The number of sulfone groups is 1. The lowest BCUT2D eigenvalue weighted by molar-refractivity contribution is 0.593. The Hall–Kier alpha value is -1.28. The summed E-state index contributed by atoms with van der Waals surface area (Å²) in [5.74, 6) is -0.125. The van der Waals surface area contributed by atoms with Gasteiger partial charge in [0.05, 0.1) is 27.9 Å². The van der Waals surface area contributed by atoms with E-state index in [0.29, 0.717) is 17.9 Å². The average molecular weight is 314 g/mol. The molecule has 0 spiro atoms. The summed E-state index contributed by atoms with van der Waals surface area (Å²) in [6.45, 7) is 4.69. The van der Waals surface area contributed by atoms with Crippen LogP contribution in [0, 0.1) is 0 Å². The van der Waals surface area contributed by atoms with Crippen LogP contribution in [0.25, 0.3) is 0 Å². The Morgan fingerprint density at radius 1 is 1.25 bits per heavy atom. The first-order valence-corrected chi connectivity index (χ1v) is 9.25. The lowest BCUT2D eigenvalue weighted by Gasteiger charge is -1.99. The van der Waals surface area contributed by atoms with Crippen molar-refractivity contribution >= 4 is 21.2 Å². The molecule has 0 amide bonds. The number of aromatic nitrogens is 4. The maximum absolute atomic E-state index is 12.1. The molecule has 110 valence electrons. The first kappa shape index (κ1) is 15.1. The van der Waals surface area contributed by atoms with Crippen molar-refractivity contribution in [3.05, 3.63) is 28.0 Å². The fourth-order valence-electron chi connectivity index (χ4n) is 1.80. The van der Waals surface area contributed by atoms with E-state index < -0.39 is 9.84 Å². The zero-order chi connectivity index (χ0) is 14.6. The highest BCUT2D eigenvalue weighted by molar-refractivity contribution is 7.89. The van der Waals surface area contributed by atoms with Crippen LogP contribution in [0.3, 0.4) is 0 Å². The first-order chi connectivity index (χ1) is 9.52. The fourth-order valence-corrected chi connectivity index (χ4v) is 4.09. The Bertz CT molecular complexity index is 661. The van der Waals surface area contributed by atoms with Gasteiger partial charge in [-0.3, -0.25) is 4.68 Å². The van der Waals surface area contributed by atoms with E-state index >= 15 is 0 Å². The van der Waals surface area contributed by atoms with Gasteiger partial charge in [-0.1, -0.05) is 12.1 Å². The molecule has 8 heteroatoms. The predicted octanol–water partition coefficient (Wildman–Crippen LogP) is 1.82. The standard InChI is InChI=1S/C12H18N4O2S2/c1-3-5-12-13-11(7-19-12)9-20(17,18)8-10-6-16(4-2)15-14-10/h6-7H,3-5,8-9H2,1-2H3. The minimum atomic E-state index is -3.26. The summed E-state index contributed by atoms with van der Waals surface area (Å²) >= 11 is 1.52. The summed E-state index contributed by atoms with van der Waals surface area (Å²) in [5.41, 5.74) is 1.11. The number of thiazole rings is 1. The maximum atomic E-state index is 12.1. The second-order valence-electron chi connectivity index (χ2n) is 4.58. The van der Waals surface area contributed by atoms with Crippen molar-refractivity contribution in [3.63, 3.8) is 0 Å². The summed E-state index contributed by atoms with van der Waals surface area (Å²) in [7, 11) is -3.26. The van der Waals surface area contributed by atoms with Crippen molar-refractivity contribution in [1.29, 1.82) is 0 Å². The molecule has 0 saturated heterocycles. The maximum Gasteiger partial charge on any atom is 0.161 e. The molecule has 2 heterocycles. The molecule has 0 N–H and O–H groups in total. The number of hydrogen-bond acceptors (Lipinski definition) is 6. The fraction of sp³-hybridized carbons (Fsp3) is 0.583. The molecule has 0 atom stereocenters. The molecule has 0 saturated carbocycles. The van der Waals surface area contributed by atoms with Gasteiger partial charge in [-0.05, 0) is 19.8 Å². The van der Waals surface area contributed by atoms with Gasteiger partial charge >= 0.3 is 0 Å². The van der Waals surface area contributed by atoms with Crippen LogP contribution in [0.5, 0.6) is 0 Å². The van der Waals surface area contributed by atoms with Crippen LogP contribution in [-0.4, -0.2) is 28.4 Å². The van der Waals surface area contributed by atoms with Gasteiger partial charge in [-0.15, -0.1) is 16.4 Å². The van der Waals surface area contributed by atoms with Crippen LogP contribution >= 0.6 is 11.3 Å². The van der Waals surface area contributed by atoms with E-state index in [1.807, 2.05) is 12.3 Å². The van der Waals surface area contributed by atoms with Crippen LogP contribution in [0.4, 0.5) is 0 Å². The molecule has 2 rings (SSSR count). The van der Waals surface area contributed by atoms with Gasteiger partial charge in [0.25, 0.3) is 0 Å². The summed E-state index contributed by atoms with van der Waals surface area (Å²) in [4.78, 5) is 4.35. The molecule has 0 bridgehead atoms. The van der Waals surface area contributed by atoms with Crippen LogP contribution < -0.4 is 0 Å². The predicted molar refractivity (Wildman–Crippen MR) is 78.1 cm³/mol. The third-order valence-electron chi connectivity index (χ3n) is 2.71. The number of nitrogens with zero attached hydrogens (tertiary/aromatic N) is 4. The zero-order valence-electron chi connectivity index (χ0n) is 11.6. The Balaban J connectivity index is 2.02. The van der Waals surface area contributed by atoms with Gasteiger partial charge in [-0.25, -0.2) is 13.4 Å². The quantitative estimate of drug-likeness (QED) is 0.779. The van der Waals surface area contributed by atoms with Crippen LogP contribution in [0.15, 0.2) is 11.6 Å². The zero-order valence-corrected chi connectivity index (χ0v) is 13.2. The minimum Gasteiger partial charge on any atom is -0.253 e. The van der Waals surface area contributed by atoms with E-state index in [9.17, 15) is 8.42 Å². The molecule has 0 aliphatic heterocycles. The van der Waals surface area contributed by atoms with E-state index in [0.717, 1.165) is 17.8 Å². The van der Waals surface area contributed by atoms with E-state index in [1.54, 1.807) is 10.9 Å². The van der Waals surface area contributed by atoms with Gasteiger partial charge in [0, 0.05) is 18.1 Å². The average Bonchev–Trinajstić information content (AvgIpc) is 2.98. The highest BCUT2D eigenvalue weighted by Crippen LogP contribution is 2.16. The van der Waals surface area contributed by atoms with E-state index in [1.165, 1.54) is 11.3 Å². The van der Waals surface area contributed by atoms with Crippen molar-refractivity contribution in [2.75, 3.05) is 0 Å². The monoisotopic (exact) mass is 314 g/mol.